The summed E-state index contributed by atoms with van der Waals surface area (Å²) in [5.41, 5.74) is 1.26. The number of benzene rings is 2. The number of nitrogens with one attached hydrogen (secondary N) is 1. The standard InChI is InChI=1S/C18H19IN2O4S/c1-21(2)26(23,24)17-12-13(4-10-16(17)25-3)5-11-18(22)20-15-8-6-14(19)7-9-15/h4-12H,1-3H3,(H,20,22)/b11-5+. The van der Waals surface area contributed by atoms with Crippen molar-refractivity contribution in [1.82, 2.24) is 4.31 Å². The fraction of sp³-hybridized carbons (Fsp3) is 0.167. The molecule has 2 aromatic rings. The van der Waals surface area contributed by atoms with Gasteiger partial charge in [0.1, 0.15) is 10.6 Å². The highest BCUT2D eigenvalue weighted by atomic mass is 127. The van der Waals surface area contributed by atoms with E-state index in [1.54, 1.807) is 18.2 Å². The van der Waals surface area contributed by atoms with Crippen molar-refractivity contribution in [3.63, 3.8) is 0 Å². The Bertz CT molecular complexity index is 923. The van der Waals surface area contributed by atoms with Crippen LogP contribution in [0.5, 0.6) is 5.75 Å². The molecule has 2 rings (SSSR count). The predicted molar refractivity (Wildman–Crippen MR) is 111 cm³/mol. The first-order chi connectivity index (χ1) is 12.2. The summed E-state index contributed by atoms with van der Waals surface area (Å²) in [6, 6.07) is 12.1. The molecule has 26 heavy (non-hydrogen) atoms. The Morgan fingerprint density at radius 1 is 1.15 bits per heavy atom. The zero-order valence-corrected chi connectivity index (χ0v) is 17.5. The number of hydrogen-bond donors (Lipinski definition) is 1. The lowest BCUT2D eigenvalue weighted by Crippen LogP contribution is -2.22. The molecule has 0 aliphatic rings. The van der Waals surface area contributed by atoms with Gasteiger partial charge >= 0.3 is 0 Å². The van der Waals surface area contributed by atoms with Crippen LogP contribution in [0.25, 0.3) is 6.08 Å². The number of carbonyl (C=O) groups excluding carboxylic acids is 1. The summed E-state index contributed by atoms with van der Waals surface area (Å²) in [5, 5.41) is 2.74. The van der Waals surface area contributed by atoms with Crippen LogP contribution in [0, 0.1) is 3.57 Å². The fourth-order valence-corrected chi connectivity index (χ4v) is 3.53. The second-order valence-corrected chi connectivity index (χ2v) is 8.89. The average molecular weight is 486 g/mol. The van der Waals surface area contributed by atoms with E-state index in [1.165, 1.54) is 33.3 Å². The van der Waals surface area contributed by atoms with Crippen LogP contribution in [0.4, 0.5) is 5.69 Å². The molecule has 6 nitrogen and oxygen atoms in total. The number of anilines is 1. The van der Waals surface area contributed by atoms with Crippen molar-refractivity contribution in [3.8, 4) is 5.75 Å². The monoisotopic (exact) mass is 486 g/mol. The van der Waals surface area contributed by atoms with Gasteiger partial charge < -0.3 is 10.1 Å². The molecular weight excluding hydrogens is 467 g/mol. The van der Waals surface area contributed by atoms with E-state index in [2.05, 4.69) is 27.9 Å². The quantitative estimate of drug-likeness (QED) is 0.503. The summed E-state index contributed by atoms with van der Waals surface area (Å²) in [5.74, 6) is -0.0572. The topological polar surface area (TPSA) is 75.7 Å². The van der Waals surface area contributed by atoms with E-state index in [0.717, 1.165) is 7.88 Å². The summed E-state index contributed by atoms with van der Waals surface area (Å²) in [6.07, 6.45) is 2.90. The van der Waals surface area contributed by atoms with Gasteiger partial charge in [0, 0.05) is 29.4 Å². The first-order valence-electron chi connectivity index (χ1n) is 7.59. The van der Waals surface area contributed by atoms with Crippen LogP contribution >= 0.6 is 22.6 Å². The SMILES string of the molecule is COc1ccc(/C=C/C(=O)Nc2ccc(I)cc2)cc1S(=O)(=O)N(C)C. The second kappa shape index (κ2) is 8.65. The zero-order chi connectivity index (χ0) is 19.3. The zero-order valence-electron chi connectivity index (χ0n) is 14.6. The number of amides is 1. The van der Waals surface area contributed by atoms with Gasteiger partial charge in [-0.15, -0.1) is 0 Å². The third-order valence-electron chi connectivity index (χ3n) is 3.49. The van der Waals surface area contributed by atoms with Gasteiger partial charge in [-0.1, -0.05) is 6.07 Å². The number of carbonyl (C=O) groups is 1. The van der Waals surface area contributed by atoms with Gasteiger partial charge in [0.05, 0.1) is 7.11 Å². The predicted octanol–water partition coefficient (Wildman–Crippen LogP) is 3.20. The van der Waals surface area contributed by atoms with E-state index in [0.29, 0.717) is 11.3 Å². The van der Waals surface area contributed by atoms with Gasteiger partial charge in [0.25, 0.3) is 0 Å². The van der Waals surface area contributed by atoms with Gasteiger partial charge in [-0.2, -0.15) is 0 Å². The van der Waals surface area contributed by atoms with Crippen molar-refractivity contribution >= 4 is 50.3 Å². The number of sulfonamides is 1. The smallest absolute Gasteiger partial charge is 0.248 e. The van der Waals surface area contributed by atoms with Crippen LogP contribution in [-0.2, 0) is 14.8 Å². The molecule has 0 aliphatic carbocycles. The molecule has 8 heteroatoms. The summed E-state index contributed by atoms with van der Waals surface area (Å²) in [7, 11) is 0.651. The first-order valence-corrected chi connectivity index (χ1v) is 10.1. The molecule has 0 atom stereocenters. The van der Waals surface area contributed by atoms with Crippen molar-refractivity contribution in [3.05, 3.63) is 57.7 Å². The minimum absolute atomic E-state index is 0.0465. The minimum atomic E-state index is -3.66. The number of methoxy groups -OCH3 is 1. The maximum atomic E-state index is 12.4. The Hall–Kier alpha value is -1.91. The van der Waals surface area contributed by atoms with Crippen LogP contribution in [0.2, 0.25) is 0 Å². The molecule has 0 unspecified atom stereocenters. The summed E-state index contributed by atoms with van der Waals surface area (Å²) in [6.45, 7) is 0. The molecule has 0 aromatic heterocycles. The molecule has 0 saturated carbocycles. The lowest BCUT2D eigenvalue weighted by Gasteiger charge is -2.15. The third kappa shape index (κ3) is 5.05. The van der Waals surface area contributed by atoms with Gasteiger partial charge in [0.15, 0.2) is 0 Å². The van der Waals surface area contributed by atoms with E-state index in [-0.39, 0.29) is 16.6 Å². The van der Waals surface area contributed by atoms with Gasteiger partial charge in [-0.3, -0.25) is 4.79 Å². The first kappa shape index (κ1) is 20.4. The minimum Gasteiger partial charge on any atom is -0.495 e. The molecule has 2 aromatic carbocycles. The highest BCUT2D eigenvalue weighted by Crippen LogP contribution is 2.27. The number of ether oxygens (including phenoxy) is 1. The molecule has 138 valence electrons. The van der Waals surface area contributed by atoms with Crippen molar-refractivity contribution in [1.29, 1.82) is 0 Å². The highest BCUT2D eigenvalue weighted by Gasteiger charge is 2.22. The highest BCUT2D eigenvalue weighted by molar-refractivity contribution is 14.1. The number of rotatable bonds is 6. The molecule has 0 heterocycles. The average Bonchev–Trinajstić information content (AvgIpc) is 2.61. The van der Waals surface area contributed by atoms with Crippen LogP contribution in [0.15, 0.2) is 53.4 Å². The van der Waals surface area contributed by atoms with Crippen molar-refractivity contribution in [2.75, 3.05) is 26.5 Å². The van der Waals surface area contributed by atoms with E-state index in [4.69, 9.17) is 4.74 Å². The molecule has 0 aliphatic heterocycles. The Kier molecular flexibility index (Phi) is 6.79. The third-order valence-corrected chi connectivity index (χ3v) is 6.04. The van der Waals surface area contributed by atoms with Crippen LogP contribution < -0.4 is 10.1 Å². The molecular formula is C18H19IN2O4S. The molecule has 1 amide bonds. The van der Waals surface area contributed by atoms with E-state index in [9.17, 15) is 13.2 Å². The normalized spacial score (nSPS) is 11.7. The van der Waals surface area contributed by atoms with E-state index in [1.807, 2.05) is 24.3 Å². The van der Waals surface area contributed by atoms with Gasteiger partial charge in [-0.05, 0) is 70.6 Å². The molecule has 0 saturated heterocycles. The van der Waals surface area contributed by atoms with Crippen LogP contribution in [0.3, 0.4) is 0 Å². The van der Waals surface area contributed by atoms with Crippen LogP contribution in [0.1, 0.15) is 5.56 Å². The Balaban J connectivity index is 2.22. The lowest BCUT2D eigenvalue weighted by atomic mass is 10.2. The molecule has 0 bridgehead atoms. The maximum Gasteiger partial charge on any atom is 0.248 e. The number of hydrogen-bond acceptors (Lipinski definition) is 4. The van der Waals surface area contributed by atoms with Gasteiger partial charge in [-0.25, -0.2) is 12.7 Å². The van der Waals surface area contributed by atoms with Gasteiger partial charge in [0.2, 0.25) is 15.9 Å². The largest absolute Gasteiger partial charge is 0.495 e. The van der Waals surface area contributed by atoms with Crippen molar-refractivity contribution in [2.45, 2.75) is 4.90 Å². The molecule has 1 N–H and O–H groups in total. The lowest BCUT2D eigenvalue weighted by molar-refractivity contribution is -0.111. The fourth-order valence-electron chi connectivity index (χ4n) is 2.08. The molecule has 0 radical (unpaired) electrons. The molecule has 0 fully saturated rings. The summed E-state index contributed by atoms with van der Waals surface area (Å²) in [4.78, 5) is 12.1. The Morgan fingerprint density at radius 2 is 1.81 bits per heavy atom. The Labute approximate surface area is 167 Å². The van der Waals surface area contributed by atoms with E-state index < -0.39 is 10.0 Å². The number of halogens is 1. The maximum absolute atomic E-state index is 12.4. The summed E-state index contributed by atoms with van der Waals surface area (Å²) >= 11 is 2.18. The number of nitrogens with zero attached hydrogens (tertiary/aromatic N) is 1. The Morgan fingerprint density at radius 3 is 2.38 bits per heavy atom. The van der Waals surface area contributed by atoms with Crippen LogP contribution in [-0.4, -0.2) is 39.8 Å². The summed E-state index contributed by atoms with van der Waals surface area (Å²) < 4.78 is 32.2. The van der Waals surface area contributed by atoms with Crippen molar-refractivity contribution in [2.24, 2.45) is 0 Å². The van der Waals surface area contributed by atoms with Crippen molar-refractivity contribution < 1.29 is 17.9 Å². The molecule has 0 spiro atoms. The second-order valence-electron chi connectivity index (χ2n) is 5.53. The van der Waals surface area contributed by atoms with E-state index >= 15 is 0 Å².